The van der Waals surface area contributed by atoms with Gasteiger partial charge in [0.15, 0.2) is 5.78 Å². The van der Waals surface area contributed by atoms with E-state index >= 15 is 0 Å². The summed E-state index contributed by atoms with van der Waals surface area (Å²) in [6, 6.07) is 10.3. The monoisotopic (exact) mass is 289 g/mol. The van der Waals surface area contributed by atoms with Crippen molar-refractivity contribution in [3.05, 3.63) is 35.9 Å². The molecule has 1 rings (SSSR count). The first-order valence-electron chi connectivity index (χ1n) is 8.32. The van der Waals surface area contributed by atoms with Crippen molar-refractivity contribution in [2.24, 2.45) is 11.8 Å². The maximum Gasteiger partial charge on any atom is 0.166 e. The first-order valence-corrected chi connectivity index (χ1v) is 8.32. The quantitative estimate of drug-likeness (QED) is 0.617. The van der Waals surface area contributed by atoms with Gasteiger partial charge < -0.3 is 0 Å². The molecule has 21 heavy (non-hydrogen) atoms. The Morgan fingerprint density at radius 3 is 2.05 bits per heavy atom. The molecule has 0 fully saturated rings. The smallest absolute Gasteiger partial charge is 0.166 e. The zero-order valence-corrected chi connectivity index (χ0v) is 14.3. The van der Waals surface area contributed by atoms with E-state index in [2.05, 4.69) is 39.5 Å². The van der Waals surface area contributed by atoms with E-state index in [4.69, 9.17) is 0 Å². The highest BCUT2D eigenvalue weighted by atomic mass is 16.1. The number of rotatable bonds is 9. The molecule has 1 unspecified atom stereocenters. The molecule has 0 spiro atoms. The molecule has 2 nitrogen and oxygen atoms in total. The molecule has 0 aliphatic heterocycles. The SMILES string of the molecule is CCC(CC)N(CC(C)C)CC(C)C(=O)c1ccccc1. The molecule has 1 atom stereocenters. The Labute approximate surface area is 130 Å². The van der Waals surface area contributed by atoms with E-state index in [1.807, 2.05) is 30.3 Å². The van der Waals surface area contributed by atoms with Crippen molar-refractivity contribution >= 4 is 5.78 Å². The molecule has 0 aliphatic rings. The standard InChI is InChI=1S/C19H31NO/c1-6-18(7-2)20(13-15(3)4)14-16(5)19(21)17-11-9-8-10-12-17/h8-12,15-16,18H,6-7,13-14H2,1-5H3. The van der Waals surface area contributed by atoms with E-state index in [0.29, 0.717) is 12.0 Å². The van der Waals surface area contributed by atoms with Gasteiger partial charge in [0.05, 0.1) is 0 Å². The van der Waals surface area contributed by atoms with Gasteiger partial charge in [-0.2, -0.15) is 0 Å². The van der Waals surface area contributed by atoms with E-state index < -0.39 is 0 Å². The molecule has 0 saturated heterocycles. The van der Waals surface area contributed by atoms with E-state index in [0.717, 1.165) is 31.5 Å². The fourth-order valence-electron chi connectivity index (χ4n) is 2.97. The molecule has 1 aromatic rings. The lowest BCUT2D eigenvalue weighted by atomic mass is 9.97. The second kappa shape index (κ2) is 8.99. The maximum absolute atomic E-state index is 12.5. The number of ketones is 1. The number of carbonyl (C=O) groups is 1. The van der Waals surface area contributed by atoms with Gasteiger partial charge >= 0.3 is 0 Å². The summed E-state index contributed by atoms with van der Waals surface area (Å²) in [5.41, 5.74) is 0.832. The van der Waals surface area contributed by atoms with Crippen molar-refractivity contribution in [3.63, 3.8) is 0 Å². The maximum atomic E-state index is 12.5. The van der Waals surface area contributed by atoms with Crippen LogP contribution < -0.4 is 0 Å². The highest BCUT2D eigenvalue weighted by Gasteiger charge is 2.22. The minimum absolute atomic E-state index is 0.0479. The molecule has 0 radical (unpaired) electrons. The van der Waals surface area contributed by atoms with Gasteiger partial charge in [-0.05, 0) is 18.8 Å². The van der Waals surface area contributed by atoms with Crippen molar-refractivity contribution in [2.75, 3.05) is 13.1 Å². The summed E-state index contributed by atoms with van der Waals surface area (Å²) in [5, 5.41) is 0. The summed E-state index contributed by atoms with van der Waals surface area (Å²) in [6.07, 6.45) is 2.30. The van der Waals surface area contributed by atoms with Gasteiger partial charge in [-0.3, -0.25) is 9.69 Å². The Morgan fingerprint density at radius 1 is 1.00 bits per heavy atom. The second-order valence-electron chi connectivity index (χ2n) is 6.45. The van der Waals surface area contributed by atoms with E-state index in [1.165, 1.54) is 0 Å². The van der Waals surface area contributed by atoms with Crippen LogP contribution in [0.4, 0.5) is 0 Å². The molecule has 1 aromatic carbocycles. The van der Waals surface area contributed by atoms with Crippen molar-refractivity contribution in [2.45, 2.75) is 53.5 Å². The average Bonchev–Trinajstić information content (AvgIpc) is 2.47. The number of benzene rings is 1. The zero-order valence-electron chi connectivity index (χ0n) is 14.3. The topological polar surface area (TPSA) is 20.3 Å². The fourth-order valence-corrected chi connectivity index (χ4v) is 2.97. The lowest BCUT2D eigenvalue weighted by Crippen LogP contribution is -2.41. The minimum Gasteiger partial charge on any atom is -0.299 e. The van der Waals surface area contributed by atoms with Gasteiger partial charge in [0.2, 0.25) is 0 Å². The predicted octanol–water partition coefficient (Wildman–Crippen LogP) is 4.65. The van der Waals surface area contributed by atoms with Crippen LogP contribution in [0.2, 0.25) is 0 Å². The molecule has 0 N–H and O–H groups in total. The average molecular weight is 289 g/mol. The summed E-state index contributed by atoms with van der Waals surface area (Å²) in [7, 11) is 0. The van der Waals surface area contributed by atoms with Crippen LogP contribution in [0, 0.1) is 11.8 Å². The molecule has 2 heteroatoms. The van der Waals surface area contributed by atoms with Gasteiger partial charge in [-0.15, -0.1) is 0 Å². The summed E-state index contributed by atoms with van der Waals surface area (Å²) in [6.45, 7) is 13.0. The lowest BCUT2D eigenvalue weighted by molar-refractivity contribution is 0.0844. The molecule has 0 saturated carbocycles. The van der Waals surface area contributed by atoms with Crippen molar-refractivity contribution in [3.8, 4) is 0 Å². The highest BCUT2D eigenvalue weighted by Crippen LogP contribution is 2.16. The van der Waals surface area contributed by atoms with Gasteiger partial charge in [0.25, 0.3) is 0 Å². The summed E-state index contributed by atoms with van der Waals surface area (Å²) >= 11 is 0. The van der Waals surface area contributed by atoms with Crippen molar-refractivity contribution in [1.82, 2.24) is 4.90 Å². The number of hydrogen-bond donors (Lipinski definition) is 0. The molecular weight excluding hydrogens is 258 g/mol. The molecule has 0 aromatic heterocycles. The Kier molecular flexibility index (Phi) is 7.66. The van der Waals surface area contributed by atoms with Crippen LogP contribution >= 0.6 is 0 Å². The van der Waals surface area contributed by atoms with Crippen LogP contribution in [-0.2, 0) is 0 Å². The zero-order chi connectivity index (χ0) is 15.8. The van der Waals surface area contributed by atoms with Crippen LogP contribution in [-0.4, -0.2) is 29.8 Å². The fraction of sp³-hybridized carbons (Fsp3) is 0.632. The third-order valence-electron chi connectivity index (χ3n) is 4.07. The summed E-state index contributed by atoms with van der Waals surface area (Å²) < 4.78 is 0. The third-order valence-corrected chi connectivity index (χ3v) is 4.07. The van der Waals surface area contributed by atoms with Crippen LogP contribution in [0.15, 0.2) is 30.3 Å². The molecule has 0 heterocycles. The Hall–Kier alpha value is -1.15. The van der Waals surface area contributed by atoms with E-state index in [1.54, 1.807) is 0 Å². The van der Waals surface area contributed by atoms with Crippen molar-refractivity contribution in [1.29, 1.82) is 0 Å². The van der Waals surface area contributed by atoms with Crippen LogP contribution in [0.3, 0.4) is 0 Å². The first kappa shape index (κ1) is 17.9. The van der Waals surface area contributed by atoms with Gasteiger partial charge in [0.1, 0.15) is 0 Å². The first-order chi connectivity index (χ1) is 9.99. The number of nitrogens with zero attached hydrogens (tertiary/aromatic N) is 1. The summed E-state index contributed by atoms with van der Waals surface area (Å²) in [5.74, 6) is 0.937. The van der Waals surface area contributed by atoms with Crippen LogP contribution in [0.25, 0.3) is 0 Å². The molecule has 0 amide bonds. The third kappa shape index (κ3) is 5.62. The van der Waals surface area contributed by atoms with Gasteiger partial charge in [0, 0.05) is 30.6 Å². The van der Waals surface area contributed by atoms with Gasteiger partial charge in [-0.1, -0.05) is 65.0 Å². The van der Waals surface area contributed by atoms with Crippen LogP contribution in [0.1, 0.15) is 57.8 Å². The van der Waals surface area contributed by atoms with Crippen molar-refractivity contribution < 1.29 is 4.79 Å². The van der Waals surface area contributed by atoms with E-state index in [-0.39, 0.29) is 11.7 Å². The minimum atomic E-state index is 0.0479. The number of hydrogen-bond acceptors (Lipinski definition) is 2. The highest BCUT2D eigenvalue weighted by molar-refractivity contribution is 5.97. The predicted molar refractivity (Wildman–Crippen MR) is 90.7 cm³/mol. The molecular formula is C19H31NO. The Morgan fingerprint density at radius 2 is 1.57 bits per heavy atom. The van der Waals surface area contributed by atoms with Crippen LogP contribution in [0.5, 0.6) is 0 Å². The summed E-state index contributed by atoms with van der Waals surface area (Å²) in [4.78, 5) is 15.0. The normalized spacial score (nSPS) is 13.1. The van der Waals surface area contributed by atoms with Gasteiger partial charge in [-0.25, -0.2) is 0 Å². The van der Waals surface area contributed by atoms with E-state index in [9.17, 15) is 4.79 Å². The second-order valence-corrected chi connectivity index (χ2v) is 6.45. The molecule has 0 aliphatic carbocycles. The molecule has 0 bridgehead atoms. The number of Topliss-reactive ketones (excluding diaryl/α,β-unsaturated/α-hetero) is 1. The number of carbonyl (C=O) groups excluding carboxylic acids is 1. The molecule has 118 valence electrons. The Bertz CT molecular complexity index is 409. The Balaban J connectivity index is 2.75. The largest absolute Gasteiger partial charge is 0.299 e. The lowest BCUT2D eigenvalue weighted by Gasteiger charge is -2.33.